The first-order valence-electron chi connectivity index (χ1n) is 12.0. The summed E-state index contributed by atoms with van der Waals surface area (Å²) in [5.41, 5.74) is 2.22. The van der Waals surface area contributed by atoms with Gasteiger partial charge in [0.05, 0.1) is 0 Å². The van der Waals surface area contributed by atoms with Gasteiger partial charge in [0, 0.05) is 49.2 Å². The van der Waals surface area contributed by atoms with Crippen molar-refractivity contribution in [2.45, 2.75) is 6.92 Å². The van der Waals surface area contributed by atoms with Gasteiger partial charge < -0.3 is 20.4 Å². The van der Waals surface area contributed by atoms with Crippen molar-refractivity contribution < 1.29 is 9.18 Å². The first-order valence-corrected chi connectivity index (χ1v) is 12.0. The van der Waals surface area contributed by atoms with Crippen LogP contribution in [0.4, 0.5) is 27.8 Å². The maximum Gasteiger partial charge on any atom is 0.255 e. The molecule has 0 radical (unpaired) electrons. The lowest BCUT2D eigenvalue weighted by atomic mass is 10.1. The van der Waals surface area contributed by atoms with Gasteiger partial charge in [-0.1, -0.05) is 30.3 Å². The summed E-state index contributed by atoms with van der Waals surface area (Å²) in [7, 11) is 2.07. The molecule has 1 aliphatic heterocycles. The van der Waals surface area contributed by atoms with Crippen LogP contribution in [0.2, 0.25) is 0 Å². The summed E-state index contributed by atoms with van der Waals surface area (Å²) in [6.45, 7) is 4.98. The van der Waals surface area contributed by atoms with Crippen molar-refractivity contribution in [2.75, 3.05) is 48.8 Å². The number of aromatic nitrogens is 4. The van der Waals surface area contributed by atoms with Gasteiger partial charge in [-0.15, -0.1) is 0 Å². The van der Waals surface area contributed by atoms with Crippen molar-refractivity contribution in [3.63, 3.8) is 0 Å². The number of carbonyl (C=O) groups excluding carboxylic acids is 1. The Morgan fingerprint density at radius 2 is 1.73 bits per heavy atom. The number of carbonyl (C=O) groups is 1. The third-order valence-electron chi connectivity index (χ3n) is 6.13. The second-order valence-electron chi connectivity index (χ2n) is 8.91. The van der Waals surface area contributed by atoms with Gasteiger partial charge in [-0.2, -0.15) is 15.0 Å². The van der Waals surface area contributed by atoms with E-state index >= 15 is 0 Å². The van der Waals surface area contributed by atoms with E-state index in [1.54, 1.807) is 37.4 Å². The molecule has 9 nitrogen and oxygen atoms in total. The lowest BCUT2D eigenvalue weighted by molar-refractivity contribution is 0.102. The van der Waals surface area contributed by atoms with Crippen LogP contribution in [-0.4, -0.2) is 64.0 Å². The van der Waals surface area contributed by atoms with E-state index in [1.165, 1.54) is 6.07 Å². The van der Waals surface area contributed by atoms with E-state index in [1.807, 2.05) is 30.3 Å². The number of para-hydroxylation sites is 1. The second-order valence-corrected chi connectivity index (χ2v) is 8.91. The molecular weight excluding hydrogens is 471 g/mol. The van der Waals surface area contributed by atoms with Gasteiger partial charge >= 0.3 is 0 Å². The van der Waals surface area contributed by atoms with Crippen LogP contribution in [0.25, 0.3) is 11.4 Å². The Kier molecular flexibility index (Phi) is 7.00. The number of likely N-dealkylation sites (N-methyl/N-ethyl adjacent to an activating group) is 1. The van der Waals surface area contributed by atoms with E-state index in [0.717, 1.165) is 26.2 Å². The summed E-state index contributed by atoms with van der Waals surface area (Å²) >= 11 is 0. The lowest BCUT2D eigenvalue weighted by Gasteiger charge is -2.32. The highest BCUT2D eigenvalue weighted by Crippen LogP contribution is 2.24. The fourth-order valence-electron chi connectivity index (χ4n) is 3.91. The zero-order valence-corrected chi connectivity index (χ0v) is 20.6. The molecule has 2 N–H and O–H groups in total. The number of nitrogens with one attached hydrogen (secondary N) is 2. The number of benzene rings is 2. The smallest absolute Gasteiger partial charge is 0.255 e. The average Bonchev–Trinajstić information content (AvgIpc) is 2.91. The predicted molar refractivity (Wildman–Crippen MR) is 142 cm³/mol. The predicted octanol–water partition coefficient (Wildman–Crippen LogP) is 4.13. The number of rotatable bonds is 6. The molecule has 3 heterocycles. The van der Waals surface area contributed by atoms with Crippen LogP contribution in [0.15, 0.2) is 66.9 Å². The number of halogens is 1. The second kappa shape index (κ2) is 10.7. The van der Waals surface area contributed by atoms with Crippen LogP contribution in [0.5, 0.6) is 0 Å². The standard InChI is InChI=1S/C27H27FN8O/c1-18-8-9-19(16-22(18)28)24-32-26(34-27(33-24)36-14-12-35(2)13-15-36)31-23-17-20(10-11-29-23)25(37)30-21-6-4-3-5-7-21/h3-11,16-17H,12-15H2,1-2H3,(H,30,37)(H,29,31,32,33,34). The Morgan fingerprint density at radius 3 is 2.49 bits per heavy atom. The van der Waals surface area contributed by atoms with Crippen LogP contribution < -0.4 is 15.5 Å². The van der Waals surface area contributed by atoms with E-state index < -0.39 is 0 Å². The van der Waals surface area contributed by atoms with E-state index in [9.17, 15) is 9.18 Å². The van der Waals surface area contributed by atoms with Gasteiger partial charge in [0.2, 0.25) is 11.9 Å². The minimum absolute atomic E-state index is 0.257. The van der Waals surface area contributed by atoms with Crippen LogP contribution in [0.1, 0.15) is 15.9 Å². The summed E-state index contributed by atoms with van der Waals surface area (Å²) in [6, 6.07) is 17.4. The van der Waals surface area contributed by atoms with Crippen LogP contribution >= 0.6 is 0 Å². The van der Waals surface area contributed by atoms with Crippen molar-refractivity contribution in [3.8, 4) is 11.4 Å². The molecule has 10 heteroatoms. The zero-order valence-electron chi connectivity index (χ0n) is 20.6. The number of hydrogen-bond acceptors (Lipinski definition) is 8. The van der Waals surface area contributed by atoms with Crippen molar-refractivity contribution in [1.29, 1.82) is 0 Å². The molecule has 2 aromatic carbocycles. The molecule has 1 saturated heterocycles. The minimum Gasteiger partial charge on any atom is -0.338 e. The number of amides is 1. The van der Waals surface area contributed by atoms with Crippen molar-refractivity contribution in [3.05, 3.63) is 83.8 Å². The van der Waals surface area contributed by atoms with Crippen molar-refractivity contribution in [1.82, 2.24) is 24.8 Å². The van der Waals surface area contributed by atoms with E-state index in [4.69, 9.17) is 0 Å². The zero-order chi connectivity index (χ0) is 25.8. The monoisotopic (exact) mass is 498 g/mol. The highest BCUT2D eigenvalue weighted by molar-refractivity contribution is 6.04. The van der Waals surface area contributed by atoms with Gasteiger partial charge in [-0.25, -0.2) is 9.37 Å². The molecule has 37 heavy (non-hydrogen) atoms. The van der Waals surface area contributed by atoms with Gasteiger partial charge in [-0.3, -0.25) is 4.79 Å². The number of nitrogens with zero attached hydrogens (tertiary/aromatic N) is 6. The van der Waals surface area contributed by atoms with Gasteiger partial charge in [0.25, 0.3) is 5.91 Å². The quantitative estimate of drug-likeness (QED) is 0.410. The first kappa shape index (κ1) is 24.3. The minimum atomic E-state index is -0.327. The average molecular weight is 499 g/mol. The Morgan fingerprint density at radius 1 is 0.946 bits per heavy atom. The SMILES string of the molecule is Cc1ccc(-c2nc(Nc3cc(C(=O)Nc4ccccc4)ccn3)nc(N3CCN(C)CC3)n2)cc1F. The maximum atomic E-state index is 14.3. The number of aryl methyl sites for hydroxylation is 1. The van der Waals surface area contributed by atoms with Crippen molar-refractivity contribution >= 4 is 29.3 Å². The highest BCUT2D eigenvalue weighted by atomic mass is 19.1. The maximum absolute atomic E-state index is 14.3. The van der Waals surface area contributed by atoms with E-state index in [2.05, 4.69) is 47.4 Å². The molecule has 0 spiro atoms. The molecule has 0 saturated carbocycles. The van der Waals surface area contributed by atoms with Crippen LogP contribution in [-0.2, 0) is 0 Å². The van der Waals surface area contributed by atoms with E-state index in [-0.39, 0.29) is 17.7 Å². The van der Waals surface area contributed by atoms with Crippen molar-refractivity contribution in [2.24, 2.45) is 0 Å². The number of piperazine rings is 1. The molecule has 1 aliphatic rings. The topological polar surface area (TPSA) is 99.2 Å². The lowest BCUT2D eigenvalue weighted by Crippen LogP contribution is -2.45. The molecule has 2 aromatic heterocycles. The molecule has 4 aromatic rings. The molecule has 0 atom stereocenters. The van der Waals surface area contributed by atoms with Crippen LogP contribution in [0, 0.1) is 12.7 Å². The molecule has 0 unspecified atom stereocenters. The fraction of sp³-hybridized carbons (Fsp3) is 0.222. The molecular formula is C27H27FN8O. The third kappa shape index (κ3) is 5.87. The Bertz CT molecular complexity index is 1410. The van der Waals surface area contributed by atoms with E-state index in [0.29, 0.717) is 40.0 Å². The first-order chi connectivity index (χ1) is 17.9. The van der Waals surface area contributed by atoms with Gasteiger partial charge in [0.15, 0.2) is 5.82 Å². The molecule has 188 valence electrons. The molecule has 5 rings (SSSR count). The highest BCUT2D eigenvalue weighted by Gasteiger charge is 2.20. The largest absolute Gasteiger partial charge is 0.338 e. The normalized spacial score (nSPS) is 13.9. The molecule has 1 amide bonds. The molecule has 0 bridgehead atoms. The summed E-state index contributed by atoms with van der Waals surface area (Å²) in [5, 5.41) is 5.97. The Balaban J connectivity index is 1.44. The number of hydrogen-bond donors (Lipinski definition) is 2. The Hall–Kier alpha value is -4.44. The van der Waals surface area contributed by atoms with Gasteiger partial charge in [-0.05, 0) is 49.9 Å². The third-order valence-corrected chi connectivity index (χ3v) is 6.13. The summed E-state index contributed by atoms with van der Waals surface area (Å²) < 4.78 is 14.3. The summed E-state index contributed by atoms with van der Waals surface area (Å²) in [5.74, 6) is 0.918. The molecule has 0 aliphatic carbocycles. The number of pyridine rings is 1. The van der Waals surface area contributed by atoms with Gasteiger partial charge in [0.1, 0.15) is 11.6 Å². The number of anilines is 4. The fourth-order valence-corrected chi connectivity index (χ4v) is 3.91. The molecule has 1 fully saturated rings. The summed E-state index contributed by atoms with van der Waals surface area (Å²) in [4.78, 5) is 35.2. The Labute approximate surface area is 214 Å². The van der Waals surface area contributed by atoms with Crippen LogP contribution in [0.3, 0.4) is 0 Å². The summed E-state index contributed by atoms with van der Waals surface area (Å²) in [6.07, 6.45) is 1.54.